The van der Waals surface area contributed by atoms with E-state index in [9.17, 15) is 19.5 Å². The Morgan fingerprint density at radius 3 is 2.30 bits per heavy atom. The average Bonchev–Trinajstić information content (AvgIpc) is 2.64. The largest absolute Gasteiger partial charge is 0.480 e. The summed E-state index contributed by atoms with van der Waals surface area (Å²) in [5.74, 6) is -2.70. The smallest absolute Gasteiger partial charge is 0.408 e. The van der Waals surface area contributed by atoms with Gasteiger partial charge in [-0.25, -0.2) is 9.59 Å². The minimum absolute atomic E-state index is 0.0269. The summed E-state index contributed by atoms with van der Waals surface area (Å²) < 4.78 is 5.10. The second kappa shape index (κ2) is 10.8. The number of aliphatic carboxylic acids is 1. The molecule has 0 heterocycles. The van der Waals surface area contributed by atoms with Crippen molar-refractivity contribution in [3.05, 3.63) is 35.9 Å². The number of carboxylic acid groups (broad SMARTS) is 1. The molecular weight excluding hydrogens is 350 g/mol. The molecule has 8 heteroatoms. The Labute approximate surface area is 158 Å². The van der Waals surface area contributed by atoms with Crippen molar-refractivity contribution >= 4 is 18.0 Å². The van der Waals surface area contributed by atoms with Crippen LogP contribution in [0.2, 0.25) is 0 Å². The van der Waals surface area contributed by atoms with Crippen molar-refractivity contribution in [3.8, 4) is 6.07 Å². The molecule has 0 radical (unpaired) electrons. The Morgan fingerprint density at radius 2 is 1.78 bits per heavy atom. The van der Waals surface area contributed by atoms with Gasteiger partial charge in [0.15, 0.2) is 0 Å². The van der Waals surface area contributed by atoms with Crippen LogP contribution in [-0.4, -0.2) is 35.2 Å². The Balaban J connectivity index is 2.67. The first kappa shape index (κ1) is 22.0. The van der Waals surface area contributed by atoms with Crippen LogP contribution in [-0.2, 0) is 20.9 Å². The summed E-state index contributed by atoms with van der Waals surface area (Å²) in [6, 6.07) is 8.83. The third-order valence-electron chi connectivity index (χ3n) is 3.86. The van der Waals surface area contributed by atoms with Crippen LogP contribution in [0.25, 0.3) is 0 Å². The number of ether oxygens (including phenoxy) is 1. The normalized spacial score (nSPS) is 13.7. The molecule has 0 unspecified atom stereocenters. The lowest BCUT2D eigenvalue weighted by Gasteiger charge is -2.24. The molecule has 27 heavy (non-hydrogen) atoms. The van der Waals surface area contributed by atoms with Crippen molar-refractivity contribution in [2.75, 3.05) is 0 Å². The maximum absolute atomic E-state index is 12.5. The Hall–Kier alpha value is -3.08. The van der Waals surface area contributed by atoms with E-state index < -0.39 is 36.0 Å². The topological polar surface area (TPSA) is 129 Å². The number of carbonyl (C=O) groups is 3. The van der Waals surface area contributed by atoms with Crippen molar-refractivity contribution in [2.24, 2.45) is 11.8 Å². The fraction of sp³-hybridized carbons (Fsp3) is 0.474. The van der Waals surface area contributed by atoms with Crippen molar-refractivity contribution in [2.45, 2.75) is 45.9 Å². The van der Waals surface area contributed by atoms with Gasteiger partial charge in [0.05, 0.1) is 6.07 Å². The summed E-state index contributed by atoms with van der Waals surface area (Å²) in [5.41, 5.74) is 0.801. The number of alkyl carbamates (subject to hydrolysis) is 1. The van der Waals surface area contributed by atoms with E-state index in [1.807, 2.05) is 24.3 Å². The highest BCUT2D eigenvalue weighted by atomic mass is 16.5. The molecule has 1 aromatic rings. The summed E-state index contributed by atoms with van der Waals surface area (Å²) in [7, 11) is 0. The summed E-state index contributed by atoms with van der Waals surface area (Å²) in [5, 5.41) is 22.9. The molecule has 0 fully saturated rings. The number of benzene rings is 1. The molecule has 2 amide bonds. The lowest BCUT2D eigenvalue weighted by Crippen LogP contribution is -2.54. The summed E-state index contributed by atoms with van der Waals surface area (Å²) in [6.07, 6.45) is -0.800. The van der Waals surface area contributed by atoms with Crippen LogP contribution < -0.4 is 10.6 Å². The van der Waals surface area contributed by atoms with Crippen molar-refractivity contribution in [1.82, 2.24) is 10.6 Å². The van der Waals surface area contributed by atoms with Crippen LogP contribution >= 0.6 is 0 Å². The second-order valence-corrected chi connectivity index (χ2v) is 6.59. The first-order valence-electron chi connectivity index (χ1n) is 8.64. The predicted molar refractivity (Wildman–Crippen MR) is 97.3 cm³/mol. The van der Waals surface area contributed by atoms with Crippen LogP contribution in [0.1, 0.15) is 32.8 Å². The minimum atomic E-state index is -1.24. The molecule has 1 aromatic carbocycles. The zero-order chi connectivity index (χ0) is 20.4. The standard InChI is InChI=1S/C19H25N3O5/c1-12(2)16(17(23)21-15(18(24)25)9-13(3)10-20)22-19(26)27-11-14-7-5-4-6-8-14/h4-8,12-13,15-16H,9,11H2,1-3H3,(H,21,23)(H,22,26)(H,24,25)/t13-,15+,16-/m1/s1. The molecule has 3 atom stereocenters. The molecule has 146 valence electrons. The van der Waals surface area contributed by atoms with E-state index in [-0.39, 0.29) is 18.9 Å². The van der Waals surface area contributed by atoms with Crippen LogP contribution in [0.3, 0.4) is 0 Å². The van der Waals surface area contributed by atoms with Crippen molar-refractivity contribution in [1.29, 1.82) is 5.26 Å². The number of carbonyl (C=O) groups excluding carboxylic acids is 2. The minimum Gasteiger partial charge on any atom is -0.480 e. The molecule has 0 aliphatic carbocycles. The number of hydrogen-bond acceptors (Lipinski definition) is 5. The predicted octanol–water partition coefficient (Wildman–Crippen LogP) is 2.06. The third kappa shape index (κ3) is 7.77. The monoisotopic (exact) mass is 375 g/mol. The van der Waals surface area contributed by atoms with E-state index >= 15 is 0 Å². The van der Waals surface area contributed by atoms with E-state index in [1.165, 1.54) is 0 Å². The highest BCUT2D eigenvalue weighted by molar-refractivity contribution is 5.89. The second-order valence-electron chi connectivity index (χ2n) is 6.59. The highest BCUT2D eigenvalue weighted by Crippen LogP contribution is 2.08. The molecule has 0 aliphatic rings. The lowest BCUT2D eigenvalue weighted by molar-refractivity contribution is -0.142. The number of nitriles is 1. The van der Waals surface area contributed by atoms with Gasteiger partial charge in [0.1, 0.15) is 18.7 Å². The van der Waals surface area contributed by atoms with Gasteiger partial charge < -0.3 is 20.5 Å². The number of hydrogen-bond donors (Lipinski definition) is 3. The van der Waals surface area contributed by atoms with Gasteiger partial charge in [-0.3, -0.25) is 4.79 Å². The molecule has 1 rings (SSSR count). The molecule has 0 bridgehead atoms. The van der Waals surface area contributed by atoms with Gasteiger partial charge in [-0.15, -0.1) is 0 Å². The van der Waals surface area contributed by atoms with Gasteiger partial charge in [0, 0.05) is 5.92 Å². The quantitative estimate of drug-likeness (QED) is 0.606. The van der Waals surface area contributed by atoms with Crippen LogP contribution in [0.15, 0.2) is 30.3 Å². The van der Waals surface area contributed by atoms with E-state index in [4.69, 9.17) is 10.00 Å². The number of carboxylic acids is 1. The van der Waals surface area contributed by atoms with Gasteiger partial charge in [-0.05, 0) is 24.8 Å². The maximum atomic E-state index is 12.5. The Bertz CT molecular complexity index is 684. The molecule has 0 aromatic heterocycles. The van der Waals surface area contributed by atoms with Gasteiger partial charge in [0.2, 0.25) is 5.91 Å². The van der Waals surface area contributed by atoms with Crippen LogP contribution in [0.5, 0.6) is 0 Å². The molecule has 0 saturated carbocycles. The molecule has 3 N–H and O–H groups in total. The number of rotatable bonds is 9. The van der Waals surface area contributed by atoms with E-state index in [0.29, 0.717) is 0 Å². The van der Waals surface area contributed by atoms with Gasteiger partial charge in [0.25, 0.3) is 0 Å². The fourth-order valence-corrected chi connectivity index (χ4v) is 2.32. The summed E-state index contributed by atoms with van der Waals surface area (Å²) in [6.45, 7) is 5.06. The van der Waals surface area contributed by atoms with Gasteiger partial charge in [-0.2, -0.15) is 5.26 Å². The van der Waals surface area contributed by atoms with E-state index in [0.717, 1.165) is 5.56 Å². The highest BCUT2D eigenvalue weighted by Gasteiger charge is 2.29. The molecule has 0 saturated heterocycles. The first-order valence-corrected chi connectivity index (χ1v) is 8.64. The Morgan fingerprint density at radius 1 is 1.15 bits per heavy atom. The number of amides is 2. The van der Waals surface area contributed by atoms with E-state index in [1.54, 1.807) is 32.9 Å². The SMILES string of the molecule is CC(C)[C@@H](NC(=O)OCc1ccccc1)C(=O)N[C@@H](C[C@@H](C)C#N)C(=O)O. The van der Waals surface area contributed by atoms with Gasteiger partial charge >= 0.3 is 12.1 Å². The molecule has 0 spiro atoms. The molecular formula is C19H25N3O5. The van der Waals surface area contributed by atoms with Crippen molar-refractivity contribution < 1.29 is 24.2 Å². The Kier molecular flexibility index (Phi) is 8.79. The summed E-state index contributed by atoms with van der Waals surface area (Å²) in [4.78, 5) is 35.8. The van der Waals surface area contributed by atoms with Gasteiger partial charge in [-0.1, -0.05) is 44.2 Å². The average molecular weight is 375 g/mol. The van der Waals surface area contributed by atoms with E-state index in [2.05, 4.69) is 10.6 Å². The lowest BCUT2D eigenvalue weighted by atomic mass is 10.0. The third-order valence-corrected chi connectivity index (χ3v) is 3.86. The zero-order valence-corrected chi connectivity index (χ0v) is 15.6. The van der Waals surface area contributed by atoms with Crippen LogP contribution in [0, 0.1) is 23.2 Å². The number of nitrogens with zero attached hydrogens (tertiary/aromatic N) is 1. The van der Waals surface area contributed by atoms with Crippen molar-refractivity contribution in [3.63, 3.8) is 0 Å². The summed E-state index contributed by atoms with van der Waals surface area (Å²) >= 11 is 0. The fourth-order valence-electron chi connectivity index (χ4n) is 2.32. The van der Waals surface area contributed by atoms with Crippen LogP contribution in [0.4, 0.5) is 4.79 Å². The first-order chi connectivity index (χ1) is 12.7. The number of nitrogens with one attached hydrogen (secondary N) is 2. The molecule has 0 aliphatic heterocycles. The maximum Gasteiger partial charge on any atom is 0.408 e. The zero-order valence-electron chi connectivity index (χ0n) is 15.6. The molecule has 8 nitrogen and oxygen atoms in total.